The lowest BCUT2D eigenvalue weighted by Gasteiger charge is -2.27. The van der Waals surface area contributed by atoms with E-state index in [1.165, 1.54) is 17.0 Å². The van der Waals surface area contributed by atoms with Crippen molar-refractivity contribution >= 4 is 5.91 Å². The molecule has 2 aromatic carbocycles. The zero-order chi connectivity index (χ0) is 19.7. The van der Waals surface area contributed by atoms with Crippen LogP contribution in [0.25, 0.3) is 0 Å². The summed E-state index contributed by atoms with van der Waals surface area (Å²) in [4.78, 5) is 14.1. The number of aromatic nitrogens is 2. The second-order valence-electron chi connectivity index (χ2n) is 6.50. The minimum Gasteiger partial charge on any atom is -0.472 e. The molecule has 2 heterocycles. The lowest BCUT2D eigenvalue weighted by Crippen LogP contribution is -2.38. The summed E-state index contributed by atoms with van der Waals surface area (Å²) >= 11 is 0. The fourth-order valence-corrected chi connectivity index (χ4v) is 3.13. The maximum absolute atomic E-state index is 13.4. The van der Waals surface area contributed by atoms with E-state index in [9.17, 15) is 18.0 Å². The number of carbonyl (C=O) groups excluding carboxylic acids is 1. The standard InChI is InChI=1S/C20H16F3N3O2/c21-15-3-1-2-13(6-15)12-28-19-10-18-11-25(4-5-26(18)24-19)20(27)14-7-16(22)9-17(23)8-14/h1-3,6-10H,4-5,11-12H2. The van der Waals surface area contributed by atoms with Gasteiger partial charge in [0.05, 0.1) is 18.8 Å². The molecule has 0 saturated heterocycles. The Balaban J connectivity index is 1.44. The van der Waals surface area contributed by atoms with E-state index in [0.29, 0.717) is 24.5 Å². The molecule has 4 rings (SSSR count). The van der Waals surface area contributed by atoms with Crippen molar-refractivity contribution in [2.24, 2.45) is 0 Å². The number of hydrogen-bond acceptors (Lipinski definition) is 3. The first-order valence-electron chi connectivity index (χ1n) is 8.67. The van der Waals surface area contributed by atoms with Crippen LogP contribution in [0.2, 0.25) is 0 Å². The lowest BCUT2D eigenvalue weighted by molar-refractivity contribution is 0.0705. The van der Waals surface area contributed by atoms with E-state index >= 15 is 0 Å². The van der Waals surface area contributed by atoms with E-state index in [4.69, 9.17) is 4.74 Å². The van der Waals surface area contributed by atoms with Gasteiger partial charge in [0.15, 0.2) is 0 Å². The molecule has 0 saturated carbocycles. The van der Waals surface area contributed by atoms with Crippen molar-refractivity contribution in [1.82, 2.24) is 14.7 Å². The zero-order valence-corrected chi connectivity index (χ0v) is 14.7. The molecule has 0 radical (unpaired) electrons. The maximum atomic E-state index is 13.4. The molecule has 1 aromatic heterocycles. The smallest absolute Gasteiger partial charge is 0.254 e. The van der Waals surface area contributed by atoms with Crippen LogP contribution in [0.5, 0.6) is 5.88 Å². The largest absolute Gasteiger partial charge is 0.472 e. The van der Waals surface area contributed by atoms with E-state index in [0.717, 1.165) is 23.9 Å². The van der Waals surface area contributed by atoms with Crippen molar-refractivity contribution in [1.29, 1.82) is 0 Å². The summed E-state index contributed by atoms with van der Waals surface area (Å²) in [6, 6.07) is 10.6. The third-order valence-electron chi connectivity index (χ3n) is 4.45. The van der Waals surface area contributed by atoms with Crippen LogP contribution in [-0.2, 0) is 19.7 Å². The monoisotopic (exact) mass is 387 g/mol. The van der Waals surface area contributed by atoms with Gasteiger partial charge in [-0.25, -0.2) is 13.2 Å². The first-order valence-corrected chi connectivity index (χ1v) is 8.67. The summed E-state index contributed by atoms with van der Waals surface area (Å²) in [5, 5.41) is 4.33. The molecule has 0 unspecified atom stereocenters. The molecule has 0 bridgehead atoms. The van der Waals surface area contributed by atoms with E-state index in [1.807, 2.05) is 0 Å². The second-order valence-corrected chi connectivity index (χ2v) is 6.50. The van der Waals surface area contributed by atoms with Gasteiger partial charge in [-0.15, -0.1) is 5.10 Å². The quantitative estimate of drug-likeness (QED) is 0.688. The number of amides is 1. The van der Waals surface area contributed by atoms with Crippen molar-refractivity contribution in [3.63, 3.8) is 0 Å². The Kier molecular flexibility index (Phi) is 4.77. The maximum Gasteiger partial charge on any atom is 0.254 e. The Hall–Kier alpha value is -3.29. The highest BCUT2D eigenvalue weighted by Crippen LogP contribution is 2.21. The van der Waals surface area contributed by atoms with E-state index in [-0.39, 0.29) is 24.5 Å². The van der Waals surface area contributed by atoms with Gasteiger partial charge < -0.3 is 9.64 Å². The van der Waals surface area contributed by atoms with Crippen LogP contribution in [0, 0.1) is 17.5 Å². The molecule has 0 aliphatic carbocycles. The Morgan fingerprint density at radius 1 is 1.00 bits per heavy atom. The molecule has 0 spiro atoms. The van der Waals surface area contributed by atoms with Crippen LogP contribution in [-0.4, -0.2) is 27.1 Å². The number of carbonyl (C=O) groups is 1. The summed E-state index contributed by atoms with van der Waals surface area (Å²) in [7, 11) is 0. The Morgan fingerprint density at radius 3 is 2.54 bits per heavy atom. The Labute approximate surface area is 159 Å². The van der Waals surface area contributed by atoms with Gasteiger partial charge in [0.1, 0.15) is 24.1 Å². The van der Waals surface area contributed by atoms with Gasteiger partial charge in [-0.2, -0.15) is 0 Å². The second kappa shape index (κ2) is 7.38. The predicted octanol–water partition coefficient (Wildman–Crippen LogP) is 3.54. The average Bonchev–Trinajstić information content (AvgIpc) is 3.07. The molecule has 0 fully saturated rings. The summed E-state index contributed by atoms with van der Waals surface area (Å²) in [6.45, 7) is 1.20. The Morgan fingerprint density at radius 2 is 1.79 bits per heavy atom. The molecule has 0 atom stereocenters. The molecule has 1 aliphatic rings. The molecule has 8 heteroatoms. The van der Waals surface area contributed by atoms with Crippen molar-refractivity contribution in [3.8, 4) is 5.88 Å². The number of fused-ring (bicyclic) bond motifs is 1. The third-order valence-corrected chi connectivity index (χ3v) is 4.45. The van der Waals surface area contributed by atoms with Gasteiger partial charge in [0.25, 0.3) is 5.91 Å². The highest BCUT2D eigenvalue weighted by molar-refractivity contribution is 5.94. The fourth-order valence-electron chi connectivity index (χ4n) is 3.13. The average molecular weight is 387 g/mol. The van der Waals surface area contributed by atoms with Gasteiger partial charge >= 0.3 is 0 Å². The van der Waals surface area contributed by atoms with Gasteiger partial charge in [-0.3, -0.25) is 9.48 Å². The fraction of sp³-hybridized carbons (Fsp3) is 0.200. The number of halogens is 3. The molecule has 5 nitrogen and oxygen atoms in total. The number of benzene rings is 2. The molecular weight excluding hydrogens is 371 g/mol. The SMILES string of the molecule is O=C(c1cc(F)cc(F)c1)N1CCn2nc(OCc3cccc(F)c3)cc2C1. The first kappa shape index (κ1) is 18.1. The number of ether oxygens (including phenoxy) is 1. The minimum atomic E-state index is -0.793. The molecule has 28 heavy (non-hydrogen) atoms. The summed E-state index contributed by atoms with van der Waals surface area (Å²) < 4.78 is 47.3. The van der Waals surface area contributed by atoms with Crippen LogP contribution in [0.3, 0.4) is 0 Å². The highest BCUT2D eigenvalue weighted by Gasteiger charge is 2.24. The lowest BCUT2D eigenvalue weighted by atomic mass is 10.1. The van der Waals surface area contributed by atoms with Crippen LogP contribution in [0.4, 0.5) is 13.2 Å². The molecule has 1 amide bonds. The van der Waals surface area contributed by atoms with Gasteiger partial charge in [-0.05, 0) is 29.8 Å². The third kappa shape index (κ3) is 3.85. The number of rotatable bonds is 4. The van der Waals surface area contributed by atoms with Crippen molar-refractivity contribution < 1.29 is 22.7 Å². The van der Waals surface area contributed by atoms with Crippen LogP contribution in [0.1, 0.15) is 21.6 Å². The molecule has 0 N–H and O–H groups in total. The first-order chi connectivity index (χ1) is 13.5. The summed E-state index contributed by atoms with van der Waals surface area (Å²) in [5.74, 6) is -2.01. The highest BCUT2D eigenvalue weighted by atomic mass is 19.1. The predicted molar refractivity (Wildman–Crippen MR) is 94.1 cm³/mol. The number of hydrogen-bond donors (Lipinski definition) is 0. The van der Waals surface area contributed by atoms with Gasteiger partial charge in [-0.1, -0.05) is 12.1 Å². The van der Waals surface area contributed by atoms with E-state index in [1.54, 1.807) is 22.9 Å². The molecule has 3 aromatic rings. The van der Waals surface area contributed by atoms with Crippen molar-refractivity contribution in [2.75, 3.05) is 6.54 Å². The van der Waals surface area contributed by atoms with E-state index in [2.05, 4.69) is 5.10 Å². The van der Waals surface area contributed by atoms with Crippen LogP contribution in [0.15, 0.2) is 48.5 Å². The number of nitrogens with zero attached hydrogens (tertiary/aromatic N) is 3. The molecule has 144 valence electrons. The van der Waals surface area contributed by atoms with Crippen molar-refractivity contribution in [2.45, 2.75) is 19.7 Å². The van der Waals surface area contributed by atoms with Crippen LogP contribution < -0.4 is 4.74 Å². The molecule has 1 aliphatic heterocycles. The minimum absolute atomic E-state index is 0.0342. The molecular formula is C20H16F3N3O2. The normalized spacial score (nSPS) is 13.3. The van der Waals surface area contributed by atoms with Gasteiger partial charge in [0.2, 0.25) is 5.88 Å². The van der Waals surface area contributed by atoms with Crippen LogP contribution >= 0.6 is 0 Å². The van der Waals surface area contributed by atoms with Crippen molar-refractivity contribution in [3.05, 3.63) is 82.8 Å². The van der Waals surface area contributed by atoms with Gasteiger partial charge in [0, 0.05) is 24.2 Å². The van der Waals surface area contributed by atoms with E-state index < -0.39 is 17.5 Å². The Bertz CT molecular complexity index is 1020. The summed E-state index contributed by atoms with van der Waals surface area (Å²) in [6.07, 6.45) is 0. The topological polar surface area (TPSA) is 47.4 Å². The summed E-state index contributed by atoms with van der Waals surface area (Å²) in [5.41, 5.74) is 1.38. The zero-order valence-electron chi connectivity index (χ0n) is 14.7.